The first-order valence-electron chi connectivity index (χ1n) is 8.92. The Labute approximate surface area is 140 Å². The lowest BCUT2D eigenvalue weighted by Crippen LogP contribution is -2.54. The van der Waals surface area contributed by atoms with E-state index >= 15 is 0 Å². The van der Waals surface area contributed by atoms with Crippen molar-refractivity contribution >= 4 is 0 Å². The molecule has 2 fully saturated rings. The van der Waals surface area contributed by atoms with E-state index in [4.69, 9.17) is 9.47 Å². The lowest BCUT2D eigenvalue weighted by atomic mass is 9.90. The maximum absolute atomic E-state index is 5.74. The molecule has 4 heteroatoms. The van der Waals surface area contributed by atoms with Gasteiger partial charge in [-0.25, -0.2) is 0 Å². The van der Waals surface area contributed by atoms with Crippen molar-refractivity contribution in [2.24, 2.45) is 0 Å². The van der Waals surface area contributed by atoms with Gasteiger partial charge in [-0.15, -0.1) is 0 Å². The van der Waals surface area contributed by atoms with Gasteiger partial charge in [0, 0.05) is 45.9 Å². The van der Waals surface area contributed by atoms with Crippen LogP contribution in [0.25, 0.3) is 0 Å². The molecule has 0 radical (unpaired) electrons. The normalized spacial score (nSPS) is 27.0. The van der Waals surface area contributed by atoms with Gasteiger partial charge in [0.1, 0.15) is 5.75 Å². The first-order chi connectivity index (χ1) is 11.3. The summed E-state index contributed by atoms with van der Waals surface area (Å²) in [7, 11) is 3.61. The zero-order chi connectivity index (χ0) is 16.1. The third-order valence-electron chi connectivity index (χ3n) is 5.39. The minimum atomic E-state index is 0.439. The average Bonchev–Trinajstić information content (AvgIpc) is 2.62. The molecule has 1 heterocycles. The topological polar surface area (TPSA) is 24.9 Å². The number of hydrogen-bond acceptors (Lipinski definition) is 4. The number of benzene rings is 1. The largest absolute Gasteiger partial charge is 0.497 e. The van der Waals surface area contributed by atoms with Crippen molar-refractivity contribution in [2.75, 3.05) is 40.4 Å². The van der Waals surface area contributed by atoms with E-state index < -0.39 is 0 Å². The number of ether oxygens (including phenoxy) is 2. The van der Waals surface area contributed by atoms with Crippen molar-refractivity contribution in [1.29, 1.82) is 0 Å². The zero-order valence-corrected chi connectivity index (χ0v) is 14.5. The van der Waals surface area contributed by atoms with Crippen LogP contribution in [0.5, 0.6) is 5.75 Å². The summed E-state index contributed by atoms with van der Waals surface area (Å²) in [4.78, 5) is 5.21. The third-order valence-corrected chi connectivity index (χ3v) is 5.39. The second-order valence-electron chi connectivity index (χ2n) is 6.79. The summed E-state index contributed by atoms with van der Waals surface area (Å²) < 4.78 is 11.1. The van der Waals surface area contributed by atoms with Crippen LogP contribution in [0.1, 0.15) is 31.2 Å². The zero-order valence-electron chi connectivity index (χ0n) is 14.5. The van der Waals surface area contributed by atoms with Crippen molar-refractivity contribution < 1.29 is 9.47 Å². The van der Waals surface area contributed by atoms with Gasteiger partial charge in [-0.1, -0.05) is 25.0 Å². The molecule has 1 aromatic carbocycles. The standard InChI is InChI=1S/C19H30N2O2/c1-22-17-7-5-6-16(14-17)15-20-10-12-21(13-11-20)18-8-3-4-9-19(18)23-2/h5-7,14,18-19H,3-4,8-13,15H2,1-2H3. The summed E-state index contributed by atoms with van der Waals surface area (Å²) in [6.07, 6.45) is 5.65. The minimum Gasteiger partial charge on any atom is -0.497 e. The summed E-state index contributed by atoms with van der Waals surface area (Å²) in [6, 6.07) is 9.06. The molecule has 0 N–H and O–H groups in total. The molecule has 0 amide bonds. The van der Waals surface area contributed by atoms with E-state index in [0.717, 1.165) is 38.5 Å². The van der Waals surface area contributed by atoms with Crippen LogP contribution in [0.3, 0.4) is 0 Å². The van der Waals surface area contributed by atoms with Gasteiger partial charge in [0.25, 0.3) is 0 Å². The number of rotatable bonds is 5. The predicted octanol–water partition coefficient (Wildman–Crippen LogP) is 2.77. The number of piperazine rings is 1. The Balaban J connectivity index is 1.51. The Hall–Kier alpha value is -1.10. The van der Waals surface area contributed by atoms with E-state index in [2.05, 4.69) is 28.0 Å². The molecule has 2 atom stereocenters. The highest BCUT2D eigenvalue weighted by Crippen LogP contribution is 2.26. The maximum atomic E-state index is 5.74. The summed E-state index contributed by atoms with van der Waals surface area (Å²) in [5, 5.41) is 0. The minimum absolute atomic E-state index is 0.439. The second kappa shape index (κ2) is 8.13. The van der Waals surface area contributed by atoms with Gasteiger partial charge < -0.3 is 9.47 Å². The molecule has 0 spiro atoms. The highest BCUT2D eigenvalue weighted by Gasteiger charge is 2.31. The molecule has 23 heavy (non-hydrogen) atoms. The van der Waals surface area contributed by atoms with Gasteiger partial charge in [-0.3, -0.25) is 9.80 Å². The molecule has 2 aliphatic rings. The molecular formula is C19H30N2O2. The molecular weight excluding hydrogens is 288 g/mol. The molecule has 1 saturated heterocycles. The molecule has 0 aromatic heterocycles. The summed E-state index contributed by atoms with van der Waals surface area (Å²) in [5.74, 6) is 0.950. The fourth-order valence-electron chi connectivity index (χ4n) is 4.05. The first kappa shape index (κ1) is 16.7. The third kappa shape index (κ3) is 4.25. The van der Waals surface area contributed by atoms with Crippen molar-refractivity contribution in [3.05, 3.63) is 29.8 Å². The van der Waals surface area contributed by atoms with Crippen molar-refractivity contribution in [3.8, 4) is 5.75 Å². The molecule has 4 nitrogen and oxygen atoms in total. The Morgan fingerprint density at radius 1 is 1.04 bits per heavy atom. The fourth-order valence-corrected chi connectivity index (χ4v) is 4.05. The highest BCUT2D eigenvalue weighted by molar-refractivity contribution is 5.28. The highest BCUT2D eigenvalue weighted by atomic mass is 16.5. The maximum Gasteiger partial charge on any atom is 0.119 e. The van der Waals surface area contributed by atoms with E-state index in [9.17, 15) is 0 Å². The van der Waals surface area contributed by atoms with Crippen LogP contribution in [-0.4, -0.2) is 62.3 Å². The Morgan fingerprint density at radius 3 is 2.57 bits per heavy atom. The van der Waals surface area contributed by atoms with Crippen molar-refractivity contribution in [2.45, 2.75) is 44.4 Å². The van der Waals surface area contributed by atoms with Crippen molar-refractivity contribution in [3.63, 3.8) is 0 Å². The van der Waals surface area contributed by atoms with Crippen LogP contribution in [-0.2, 0) is 11.3 Å². The molecule has 1 aliphatic carbocycles. The lowest BCUT2D eigenvalue weighted by molar-refractivity contribution is -0.0279. The van der Waals surface area contributed by atoms with E-state index in [0.29, 0.717) is 12.1 Å². The lowest BCUT2D eigenvalue weighted by Gasteiger charge is -2.43. The van der Waals surface area contributed by atoms with E-state index in [1.165, 1.54) is 31.2 Å². The van der Waals surface area contributed by atoms with Crippen LogP contribution in [0, 0.1) is 0 Å². The van der Waals surface area contributed by atoms with Gasteiger partial charge in [-0.05, 0) is 30.5 Å². The molecule has 1 aromatic rings. The monoisotopic (exact) mass is 318 g/mol. The molecule has 3 rings (SSSR count). The SMILES string of the molecule is COc1cccc(CN2CCN(C3CCCCC3OC)CC2)c1. The molecule has 1 saturated carbocycles. The fraction of sp³-hybridized carbons (Fsp3) is 0.684. The number of hydrogen-bond donors (Lipinski definition) is 0. The van der Waals surface area contributed by atoms with Crippen LogP contribution in [0.4, 0.5) is 0 Å². The number of nitrogens with zero attached hydrogens (tertiary/aromatic N) is 2. The van der Waals surface area contributed by atoms with E-state index in [1.807, 2.05) is 13.2 Å². The molecule has 128 valence electrons. The quantitative estimate of drug-likeness (QED) is 0.833. The Morgan fingerprint density at radius 2 is 1.83 bits per heavy atom. The van der Waals surface area contributed by atoms with Crippen LogP contribution in [0.2, 0.25) is 0 Å². The van der Waals surface area contributed by atoms with Gasteiger partial charge in [0.2, 0.25) is 0 Å². The predicted molar refractivity (Wildman–Crippen MR) is 92.9 cm³/mol. The average molecular weight is 318 g/mol. The molecule has 2 unspecified atom stereocenters. The van der Waals surface area contributed by atoms with Crippen LogP contribution >= 0.6 is 0 Å². The second-order valence-corrected chi connectivity index (χ2v) is 6.79. The Kier molecular flexibility index (Phi) is 5.92. The van der Waals surface area contributed by atoms with Gasteiger partial charge in [-0.2, -0.15) is 0 Å². The first-order valence-corrected chi connectivity index (χ1v) is 8.92. The smallest absolute Gasteiger partial charge is 0.119 e. The van der Waals surface area contributed by atoms with Crippen LogP contribution < -0.4 is 4.74 Å². The van der Waals surface area contributed by atoms with Crippen LogP contribution in [0.15, 0.2) is 24.3 Å². The molecule has 1 aliphatic heterocycles. The van der Waals surface area contributed by atoms with Gasteiger partial charge >= 0.3 is 0 Å². The number of methoxy groups -OCH3 is 2. The summed E-state index contributed by atoms with van der Waals surface area (Å²) >= 11 is 0. The Bertz CT molecular complexity index is 486. The van der Waals surface area contributed by atoms with Gasteiger partial charge in [0.15, 0.2) is 0 Å². The summed E-state index contributed by atoms with van der Waals surface area (Å²) in [5.41, 5.74) is 1.34. The van der Waals surface area contributed by atoms with Crippen molar-refractivity contribution in [1.82, 2.24) is 9.80 Å². The van der Waals surface area contributed by atoms with Gasteiger partial charge in [0.05, 0.1) is 13.2 Å². The van der Waals surface area contributed by atoms with E-state index in [1.54, 1.807) is 7.11 Å². The summed E-state index contributed by atoms with van der Waals surface area (Å²) in [6.45, 7) is 5.63. The molecule has 0 bridgehead atoms. The van der Waals surface area contributed by atoms with E-state index in [-0.39, 0.29) is 0 Å².